The Morgan fingerprint density at radius 2 is 2.00 bits per heavy atom. The van der Waals surface area contributed by atoms with E-state index in [2.05, 4.69) is 23.8 Å². The van der Waals surface area contributed by atoms with Crippen LogP contribution in [0, 0.1) is 0 Å². The van der Waals surface area contributed by atoms with Gasteiger partial charge >= 0.3 is 0 Å². The second-order valence-electron chi connectivity index (χ2n) is 4.04. The van der Waals surface area contributed by atoms with Gasteiger partial charge in [-0.3, -0.25) is 5.84 Å². The zero-order chi connectivity index (χ0) is 13.0. The first-order valence-corrected chi connectivity index (χ1v) is 6.84. The summed E-state index contributed by atoms with van der Waals surface area (Å²) in [4.78, 5) is 1.28. The maximum Gasteiger partial charge on any atom is 0.118 e. The second-order valence-corrected chi connectivity index (χ2v) is 4.98. The van der Waals surface area contributed by atoms with Crippen molar-refractivity contribution in [1.82, 2.24) is 5.43 Å². The number of rotatable bonds is 5. The Bertz CT molecular complexity index is 493. The van der Waals surface area contributed by atoms with Gasteiger partial charge in [-0.05, 0) is 41.1 Å². The number of methoxy groups -OCH3 is 1. The summed E-state index contributed by atoms with van der Waals surface area (Å²) in [6.45, 7) is 2.16. The summed E-state index contributed by atoms with van der Waals surface area (Å²) >= 11 is 1.74. The van der Waals surface area contributed by atoms with Gasteiger partial charge in [-0.15, -0.1) is 11.3 Å². The fraction of sp³-hybridized carbons (Fsp3) is 0.286. The standard InChI is InChI=1S/C14H18N2OS/c1-3-10-8-9-18-14(10)13(16-15)11-4-6-12(17-2)7-5-11/h4-9,13,16H,3,15H2,1-2H3. The van der Waals surface area contributed by atoms with Crippen molar-refractivity contribution in [2.24, 2.45) is 5.84 Å². The number of nitrogens with one attached hydrogen (secondary N) is 1. The third kappa shape index (κ3) is 2.56. The first-order valence-electron chi connectivity index (χ1n) is 5.96. The minimum absolute atomic E-state index is 0.0471. The number of thiophene rings is 1. The van der Waals surface area contributed by atoms with Gasteiger partial charge < -0.3 is 4.74 Å². The first-order chi connectivity index (χ1) is 8.80. The molecule has 0 amide bonds. The Balaban J connectivity index is 2.32. The molecule has 0 aliphatic carbocycles. The first kappa shape index (κ1) is 13.1. The van der Waals surface area contributed by atoms with Crippen molar-refractivity contribution < 1.29 is 4.74 Å². The Kier molecular flexibility index (Phi) is 4.36. The third-order valence-electron chi connectivity index (χ3n) is 3.04. The molecule has 4 heteroatoms. The fourth-order valence-electron chi connectivity index (χ4n) is 2.01. The highest BCUT2D eigenvalue weighted by molar-refractivity contribution is 7.10. The molecule has 0 aliphatic rings. The molecular weight excluding hydrogens is 244 g/mol. The number of benzene rings is 1. The molecule has 3 nitrogen and oxygen atoms in total. The molecule has 0 aliphatic heterocycles. The molecule has 1 atom stereocenters. The predicted octanol–water partition coefficient (Wildman–Crippen LogP) is 2.87. The van der Waals surface area contributed by atoms with E-state index >= 15 is 0 Å². The van der Waals surface area contributed by atoms with Crippen molar-refractivity contribution in [3.05, 3.63) is 51.7 Å². The second kappa shape index (κ2) is 6.00. The van der Waals surface area contributed by atoms with Gasteiger partial charge in [0.1, 0.15) is 5.75 Å². The highest BCUT2D eigenvalue weighted by Crippen LogP contribution is 2.30. The lowest BCUT2D eigenvalue weighted by Crippen LogP contribution is -2.28. The normalized spacial score (nSPS) is 12.4. The van der Waals surface area contributed by atoms with Crippen LogP contribution < -0.4 is 16.0 Å². The van der Waals surface area contributed by atoms with E-state index in [1.54, 1.807) is 18.4 Å². The number of hydrogen-bond acceptors (Lipinski definition) is 4. The van der Waals surface area contributed by atoms with Gasteiger partial charge in [0, 0.05) is 4.88 Å². The van der Waals surface area contributed by atoms with E-state index in [1.807, 2.05) is 24.3 Å². The summed E-state index contributed by atoms with van der Waals surface area (Å²) in [6.07, 6.45) is 1.02. The van der Waals surface area contributed by atoms with E-state index in [0.29, 0.717) is 0 Å². The molecule has 96 valence electrons. The van der Waals surface area contributed by atoms with E-state index in [4.69, 9.17) is 10.6 Å². The van der Waals surface area contributed by atoms with Crippen molar-refractivity contribution in [1.29, 1.82) is 0 Å². The molecule has 1 heterocycles. The van der Waals surface area contributed by atoms with Crippen LogP contribution in [0.5, 0.6) is 5.75 Å². The lowest BCUT2D eigenvalue weighted by atomic mass is 10.0. The van der Waals surface area contributed by atoms with Crippen molar-refractivity contribution in [3.63, 3.8) is 0 Å². The van der Waals surface area contributed by atoms with Gasteiger partial charge in [-0.25, -0.2) is 5.43 Å². The lowest BCUT2D eigenvalue weighted by molar-refractivity contribution is 0.414. The van der Waals surface area contributed by atoms with Crippen LogP contribution in [0.15, 0.2) is 35.7 Å². The Morgan fingerprint density at radius 3 is 2.56 bits per heavy atom. The summed E-state index contributed by atoms with van der Waals surface area (Å²) in [5.74, 6) is 6.57. The van der Waals surface area contributed by atoms with Crippen molar-refractivity contribution >= 4 is 11.3 Å². The van der Waals surface area contributed by atoms with Gasteiger partial charge in [-0.1, -0.05) is 19.1 Å². The summed E-state index contributed by atoms with van der Waals surface area (Å²) in [6, 6.07) is 10.2. The highest BCUT2D eigenvalue weighted by Gasteiger charge is 2.16. The third-order valence-corrected chi connectivity index (χ3v) is 4.06. The van der Waals surface area contributed by atoms with Gasteiger partial charge in [-0.2, -0.15) is 0 Å². The molecule has 3 N–H and O–H groups in total. The van der Waals surface area contributed by atoms with Crippen LogP contribution in [0.1, 0.15) is 29.0 Å². The van der Waals surface area contributed by atoms with E-state index in [9.17, 15) is 0 Å². The van der Waals surface area contributed by atoms with E-state index in [-0.39, 0.29) is 6.04 Å². The molecule has 2 rings (SSSR count). The van der Waals surface area contributed by atoms with Gasteiger partial charge in [0.15, 0.2) is 0 Å². The van der Waals surface area contributed by atoms with Crippen molar-refractivity contribution in [2.75, 3.05) is 7.11 Å². The Labute approximate surface area is 112 Å². The van der Waals surface area contributed by atoms with Crippen LogP contribution in [0.2, 0.25) is 0 Å². The molecule has 2 aromatic rings. The largest absolute Gasteiger partial charge is 0.497 e. The molecule has 0 saturated carbocycles. The predicted molar refractivity (Wildman–Crippen MR) is 75.9 cm³/mol. The van der Waals surface area contributed by atoms with Crippen LogP contribution in [0.3, 0.4) is 0 Å². The van der Waals surface area contributed by atoms with Crippen molar-refractivity contribution in [3.8, 4) is 5.75 Å². The molecule has 18 heavy (non-hydrogen) atoms. The maximum atomic E-state index is 5.72. The maximum absolute atomic E-state index is 5.72. The smallest absolute Gasteiger partial charge is 0.118 e. The van der Waals surface area contributed by atoms with Gasteiger partial charge in [0.25, 0.3) is 0 Å². The number of hydrogen-bond donors (Lipinski definition) is 2. The molecule has 0 spiro atoms. The lowest BCUT2D eigenvalue weighted by Gasteiger charge is -2.17. The molecule has 0 radical (unpaired) electrons. The summed E-state index contributed by atoms with van der Waals surface area (Å²) < 4.78 is 5.17. The fourth-order valence-corrected chi connectivity index (χ4v) is 3.10. The summed E-state index contributed by atoms with van der Waals surface area (Å²) in [5.41, 5.74) is 5.40. The zero-order valence-corrected chi connectivity index (χ0v) is 11.5. The van der Waals surface area contributed by atoms with Crippen LogP contribution in [0.25, 0.3) is 0 Å². The minimum Gasteiger partial charge on any atom is -0.497 e. The summed E-state index contributed by atoms with van der Waals surface area (Å²) in [5, 5.41) is 2.11. The van der Waals surface area contributed by atoms with Crippen LogP contribution in [0.4, 0.5) is 0 Å². The van der Waals surface area contributed by atoms with Crippen LogP contribution >= 0.6 is 11.3 Å². The van der Waals surface area contributed by atoms with Gasteiger partial charge in [0.05, 0.1) is 13.2 Å². The van der Waals surface area contributed by atoms with Crippen LogP contribution in [-0.2, 0) is 6.42 Å². The van der Waals surface area contributed by atoms with Gasteiger partial charge in [0.2, 0.25) is 0 Å². The monoisotopic (exact) mass is 262 g/mol. The SMILES string of the molecule is CCc1ccsc1C(NN)c1ccc(OC)cc1. The molecule has 0 saturated heterocycles. The number of hydrazine groups is 1. The average Bonchev–Trinajstić information content (AvgIpc) is 2.89. The zero-order valence-electron chi connectivity index (χ0n) is 10.6. The van der Waals surface area contributed by atoms with Crippen LogP contribution in [-0.4, -0.2) is 7.11 Å². The molecular formula is C14H18N2OS. The number of aryl methyl sites for hydroxylation is 1. The molecule has 1 aromatic heterocycles. The average molecular weight is 262 g/mol. The molecule has 1 aromatic carbocycles. The minimum atomic E-state index is 0.0471. The molecule has 1 unspecified atom stereocenters. The number of ether oxygens (including phenoxy) is 1. The summed E-state index contributed by atoms with van der Waals surface area (Å²) in [7, 11) is 1.67. The highest BCUT2D eigenvalue weighted by atomic mass is 32.1. The van der Waals surface area contributed by atoms with E-state index in [1.165, 1.54) is 10.4 Å². The Hall–Kier alpha value is -1.36. The quantitative estimate of drug-likeness (QED) is 0.643. The molecule has 0 bridgehead atoms. The van der Waals surface area contributed by atoms with Crippen molar-refractivity contribution in [2.45, 2.75) is 19.4 Å². The van der Waals surface area contributed by atoms with E-state index in [0.717, 1.165) is 17.7 Å². The number of nitrogens with two attached hydrogens (primary N) is 1. The molecule has 0 fully saturated rings. The Morgan fingerprint density at radius 1 is 1.28 bits per heavy atom. The topological polar surface area (TPSA) is 47.3 Å². The van der Waals surface area contributed by atoms with E-state index < -0.39 is 0 Å².